The molecule has 0 unspecified atom stereocenters. The minimum Gasteiger partial charge on any atom is -0.143 e. The molecule has 0 N–H and O–H groups in total. The zero-order valence-corrected chi connectivity index (χ0v) is 9.65. The number of rotatable bonds is 0. The molecule has 0 aliphatic heterocycles. The Morgan fingerprint density at radius 2 is 1.29 bits per heavy atom. The van der Waals surface area contributed by atoms with Gasteiger partial charge in [0.1, 0.15) is 0 Å². The number of hydrogen-bond donors (Lipinski definition) is 1. The van der Waals surface area contributed by atoms with Crippen LogP contribution in [0, 0.1) is 20.8 Å². The molecule has 72 valence electrons. The number of hydrogen-bond acceptors (Lipinski definition) is 1. The fraction of sp³-hybridized carbons (Fsp3) is 0.231. The minimum absolute atomic E-state index is 1.13. The largest absolute Gasteiger partial charge is 0.143 e. The molecule has 14 heavy (non-hydrogen) atoms. The molecule has 0 amide bonds. The normalized spacial score (nSPS) is 10.9. The number of benzene rings is 2. The third-order valence-corrected chi connectivity index (χ3v) is 3.68. The standard InChI is InChI=1S/C13H14S/c1-8-9(2)13(14)10(3)12-7-5-4-6-11(8)12/h4-7,14H,1-3H3. The lowest BCUT2D eigenvalue weighted by Gasteiger charge is -2.12. The van der Waals surface area contributed by atoms with Crippen LogP contribution in [0.5, 0.6) is 0 Å². The highest BCUT2D eigenvalue weighted by molar-refractivity contribution is 7.80. The van der Waals surface area contributed by atoms with Gasteiger partial charge in [0.2, 0.25) is 0 Å². The van der Waals surface area contributed by atoms with Gasteiger partial charge < -0.3 is 0 Å². The fourth-order valence-electron chi connectivity index (χ4n) is 1.93. The van der Waals surface area contributed by atoms with Crippen molar-refractivity contribution in [2.45, 2.75) is 25.7 Å². The fourth-order valence-corrected chi connectivity index (χ4v) is 2.21. The molecule has 0 fully saturated rings. The summed E-state index contributed by atoms with van der Waals surface area (Å²) in [6.45, 7) is 6.44. The van der Waals surface area contributed by atoms with Crippen molar-refractivity contribution in [2.75, 3.05) is 0 Å². The average Bonchev–Trinajstić information content (AvgIpc) is 2.23. The molecule has 0 atom stereocenters. The summed E-state index contributed by atoms with van der Waals surface area (Å²) in [5, 5.41) is 2.67. The van der Waals surface area contributed by atoms with Crippen molar-refractivity contribution in [3.63, 3.8) is 0 Å². The van der Waals surface area contributed by atoms with Crippen molar-refractivity contribution < 1.29 is 0 Å². The lowest BCUT2D eigenvalue weighted by Crippen LogP contribution is -1.90. The molecule has 2 aromatic carbocycles. The highest BCUT2D eigenvalue weighted by Crippen LogP contribution is 2.31. The van der Waals surface area contributed by atoms with Gasteiger partial charge in [-0.05, 0) is 48.2 Å². The maximum Gasteiger partial charge on any atom is 0.0108 e. The topological polar surface area (TPSA) is 0 Å². The Labute approximate surface area is 90.4 Å². The van der Waals surface area contributed by atoms with E-state index < -0.39 is 0 Å². The van der Waals surface area contributed by atoms with E-state index in [2.05, 4.69) is 57.7 Å². The van der Waals surface area contributed by atoms with Crippen molar-refractivity contribution in [1.82, 2.24) is 0 Å². The summed E-state index contributed by atoms with van der Waals surface area (Å²) in [6, 6.07) is 8.51. The van der Waals surface area contributed by atoms with Crippen LogP contribution < -0.4 is 0 Å². The quantitative estimate of drug-likeness (QED) is 0.612. The van der Waals surface area contributed by atoms with E-state index in [0.29, 0.717) is 0 Å². The number of aryl methyl sites for hydroxylation is 2. The van der Waals surface area contributed by atoms with Crippen molar-refractivity contribution in [3.05, 3.63) is 41.0 Å². The molecule has 0 aliphatic rings. The van der Waals surface area contributed by atoms with Crippen LogP contribution in [0.3, 0.4) is 0 Å². The molecule has 0 heterocycles. The highest BCUT2D eigenvalue weighted by Gasteiger charge is 2.07. The minimum atomic E-state index is 1.13. The van der Waals surface area contributed by atoms with E-state index >= 15 is 0 Å². The summed E-state index contributed by atoms with van der Waals surface area (Å²) < 4.78 is 0. The van der Waals surface area contributed by atoms with E-state index in [-0.39, 0.29) is 0 Å². The van der Waals surface area contributed by atoms with Gasteiger partial charge in [-0.1, -0.05) is 24.3 Å². The van der Waals surface area contributed by atoms with Gasteiger partial charge in [-0.2, -0.15) is 0 Å². The smallest absolute Gasteiger partial charge is 0.0108 e. The van der Waals surface area contributed by atoms with E-state index in [1.807, 2.05) is 0 Å². The maximum absolute atomic E-state index is 4.56. The predicted molar refractivity (Wildman–Crippen MR) is 65.4 cm³/mol. The van der Waals surface area contributed by atoms with E-state index in [1.54, 1.807) is 0 Å². The Bertz CT molecular complexity index is 452. The van der Waals surface area contributed by atoms with E-state index in [9.17, 15) is 0 Å². The Hall–Kier alpha value is -0.950. The first kappa shape index (κ1) is 9.60. The monoisotopic (exact) mass is 202 g/mol. The van der Waals surface area contributed by atoms with Crippen LogP contribution in [0.25, 0.3) is 10.8 Å². The second-order valence-corrected chi connectivity index (χ2v) is 4.22. The van der Waals surface area contributed by atoms with Crippen molar-refractivity contribution in [1.29, 1.82) is 0 Å². The second-order valence-electron chi connectivity index (χ2n) is 3.77. The first-order valence-corrected chi connectivity index (χ1v) is 5.25. The maximum atomic E-state index is 4.56. The Morgan fingerprint density at radius 1 is 0.786 bits per heavy atom. The van der Waals surface area contributed by atoms with Crippen molar-refractivity contribution in [2.24, 2.45) is 0 Å². The van der Waals surface area contributed by atoms with Gasteiger partial charge >= 0.3 is 0 Å². The third-order valence-electron chi connectivity index (χ3n) is 3.01. The van der Waals surface area contributed by atoms with Gasteiger partial charge in [0.05, 0.1) is 0 Å². The zero-order chi connectivity index (χ0) is 10.3. The highest BCUT2D eigenvalue weighted by atomic mass is 32.1. The van der Waals surface area contributed by atoms with Gasteiger partial charge in [-0.3, -0.25) is 0 Å². The van der Waals surface area contributed by atoms with Crippen LogP contribution in [0.15, 0.2) is 29.2 Å². The summed E-state index contributed by atoms with van der Waals surface area (Å²) in [5.41, 5.74) is 3.92. The molecule has 0 saturated carbocycles. The second kappa shape index (κ2) is 3.32. The molecule has 0 bridgehead atoms. The lowest BCUT2D eigenvalue weighted by molar-refractivity contribution is 1.21. The van der Waals surface area contributed by atoms with Crippen LogP contribution in [-0.4, -0.2) is 0 Å². The van der Waals surface area contributed by atoms with Crippen molar-refractivity contribution >= 4 is 23.4 Å². The van der Waals surface area contributed by atoms with Crippen LogP contribution in [-0.2, 0) is 0 Å². The van der Waals surface area contributed by atoms with Crippen LogP contribution in [0.4, 0.5) is 0 Å². The SMILES string of the molecule is Cc1c(S)c(C)c2ccccc2c1C. The summed E-state index contributed by atoms with van der Waals surface area (Å²) >= 11 is 4.56. The molecule has 2 aromatic rings. The molecule has 0 nitrogen and oxygen atoms in total. The molecule has 0 aromatic heterocycles. The molecular weight excluding hydrogens is 188 g/mol. The van der Waals surface area contributed by atoms with Gasteiger partial charge in [-0.25, -0.2) is 0 Å². The summed E-state index contributed by atoms with van der Waals surface area (Å²) in [5.74, 6) is 0. The molecule has 0 spiro atoms. The summed E-state index contributed by atoms with van der Waals surface area (Å²) in [7, 11) is 0. The number of fused-ring (bicyclic) bond motifs is 1. The third kappa shape index (κ3) is 1.24. The van der Waals surface area contributed by atoms with Crippen molar-refractivity contribution in [3.8, 4) is 0 Å². The molecule has 2 rings (SSSR count). The van der Waals surface area contributed by atoms with E-state index in [4.69, 9.17) is 0 Å². The molecule has 0 radical (unpaired) electrons. The van der Waals surface area contributed by atoms with Gasteiger partial charge in [0.25, 0.3) is 0 Å². The van der Waals surface area contributed by atoms with Crippen LogP contribution in [0.2, 0.25) is 0 Å². The van der Waals surface area contributed by atoms with E-state index in [1.165, 1.54) is 27.5 Å². The molecule has 0 saturated heterocycles. The number of thiol groups is 1. The zero-order valence-electron chi connectivity index (χ0n) is 8.76. The van der Waals surface area contributed by atoms with Gasteiger partial charge in [0.15, 0.2) is 0 Å². The lowest BCUT2D eigenvalue weighted by atomic mass is 9.97. The first-order chi connectivity index (χ1) is 6.63. The van der Waals surface area contributed by atoms with Gasteiger partial charge in [0, 0.05) is 4.90 Å². The van der Waals surface area contributed by atoms with Crippen LogP contribution >= 0.6 is 12.6 Å². The molecule has 1 heteroatoms. The first-order valence-electron chi connectivity index (χ1n) is 4.80. The van der Waals surface area contributed by atoms with Crippen LogP contribution in [0.1, 0.15) is 16.7 Å². The Morgan fingerprint density at radius 3 is 1.86 bits per heavy atom. The molecular formula is C13H14S. The van der Waals surface area contributed by atoms with E-state index in [0.717, 1.165) is 4.90 Å². The average molecular weight is 202 g/mol. The summed E-state index contributed by atoms with van der Waals surface area (Å²) in [6.07, 6.45) is 0. The predicted octanol–water partition coefficient (Wildman–Crippen LogP) is 4.05. The van der Waals surface area contributed by atoms with Gasteiger partial charge in [-0.15, -0.1) is 12.6 Å². The summed E-state index contributed by atoms with van der Waals surface area (Å²) in [4.78, 5) is 1.13. The Kier molecular flexibility index (Phi) is 2.28. The Balaban J connectivity index is 3.02. The molecule has 0 aliphatic carbocycles.